The van der Waals surface area contributed by atoms with Crippen LogP contribution in [0.15, 0.2) is 18.2 Å². The third-order valence-corrected chi connectivity index (χ3v) is 9.07. The van der Waals surface area contributed by atoms with Gasteiger partial charge in [-0.3, -0.25) is 23.9 Å². The van der Waals surface area contributed by atoms with E-state index in [4.69, 9.17) is 33.4 Å². The van der Waals surface area contributed by atoms with Gasteiger partial charge in [0.25, 0.3) is 0 Å². The SMILES string of the molecule is CNCC(=O)Nc1nn(Cc2cc(C(C)(C)C)c3c(c(NC(=O)CN4CCCC4)nn3C)c2Cl)c2c(C(C)(C)C)ccc(Cl)c12. The molecule has 2 amide bonds. The van der Waals surface area contributed by atoms with Crippen LogP contribution in [0.2, 0.25) is 10.0 Å². The standard InChI is InChI=1S/C33H44Cl2N8O2/c1-32(2,3)20-11-12-22(34)25-29(20)43(40-30(25)37-23(44)16-36-7)17-19-15-21(33(4,5)6)28-26(27(19)35)31(39-41(28)8)38-24(45)18-42-13-9-10-14-42/h11-12,15,36H,9-10,13-14,16-18H2,1-8H3,(H,37,40,44)(H,38,39,45). The molecule has 0 bridgehead atoms. The van der Waals surface area contributed by atoms with Crippen molar-refractivity contribution in [1.29, 1.82) is 0 Å². The molecule has 45 heavy (non-hydrogen) atoms. The van der Waals surface area contributed by atoms with E-state index in [0.29, 0.717) is 45.5 Å². The van der Waals surface area contributed by atoms with Crippen molar-refractivity contribution in [3.8, 4) is 0 Å². The maximum atomic E-state index is 13.1. The zero-order valence-corrected chi connectivity index (χ0v) is 29.0. The number of fused-ring (bicyclic) bond motifs is 2. The monoisotopic (exact) mass is 654 g/mol. The Labute approximate surface area is 274 Å². The molecule has 0 radical (unpaired) electrons. The summed E-state index contributed by atoms with van der Waals surface area (Å²) in [4.78, 5) is 28.0. The van der Waals surface area contributed by atoms with E-state index >= 15 is 0 Å². The van der Waals surface area contributed by atoms with Crippen LogP contribution in [-0.2, 0) is 34.0 Å². The molecule has 5 rings (SSSR count). The summed E-state index contributed by atoms with van der Waals surface area (Å²) >= 11 is 14.1. The van der Waals surface area contributed by atoms with Crippen LogP contribution in [0.4, 0.5) is 11.6 Å². The van der Waals surface area contributed by atoms with Gasteiger partial charge < -0.3 is 16.0 Å². The molecule has 10 nitrogen and oxygen atoms in total. The van der Waals surface area contributed by atoms with Gasteiger partial charge in [0.05, 0.1) is 51.5 Å². The number of nitrogens with zero attached hydrogens (tertiary/aromatic N) is 5. The fourth-order valence-electron chi connectivity index (χ4n) is 6.18. The molecule has 2 aromatic carbocycles. The Hall–Kier alpha value is -3.18. The second-order valence-corrected chi connectivity index (χ2v) is 14.8. The average Bonchev–Trinajstić information content (AvgIpc) is 3.64. The van der Waals surface area contributed by atoms with Crippen molar-refractivity contribution in [2.45, 2.75) is 71.8 Å². The topological polar surface area (TPSA) is 109 Å². The summed E-state index contributed by atoms with van der Waals surface area (Å²) in [7, 11) is 3.59. The summed E-state index contributed by atoms with van der Waals surface area (Å²) in [5.41, 5.74) is 4.08. The number of nitrogens with one attached hydrogen (secondary N) is 3. The van der Waals surface area contributed by atoms with Gasteiger partial charge in [-0.2, -0.15) is 10.2 Å². The molecular weight excluding hydrogens is 611 g/mol. The van der Waals surface area contributed by atoms with Crippen molar-refractivity contribution < 1.29 is 9.59 Å². The predicted octanol–water partition coefficient (Wildman–Crippen LogP) is 6.07. The van der Waals surface area contributed by atoms with Crippen LogP contribution in [0, 0.1) is 0 Å². The van der Waals surface area contributed by atoms with Gasteiger partial charge in [0.2, 0.25) is 11.8 Å². The highest BCUT2D eigenvalue weighted by molar-refractivity contribution is 6.38. The van der Waals surface area contributed by atoms with Crippen molar-refractivity contribution in [2.75, 3.05) is 43.9 Å². The van der Waals surface area contributed by atoms with Crippen molar-refractivity contribution in [3.05, 3.63) is 44.9 Å². The lowest BCUT2D eigenvalue weighted by Gasteiger charge is -2.24. The number of halogens is 2. The molecule has 242 valence electrons. The van der Waals surface area contributed by atoms with E-state index in [2.05, 4.69) is 68.5 Å². The largest absolute Gasteiger partial charge is 0.311 e. The molecular formula is C33H44Cl2N8O2. The second kappa shape index (κ2) is 12.5. The van der Waals surface area contributed by atoms with E-state index in [0.717, 1.165) is 53.7 Å². The summed E-state index contributed by atoms with van der Waals surface area (Å²) in [5, 5.41) is 20.9. The number of likely N-dealkylation sites (tertiary alicyclic amines) is 1. The minimum absolute atomic E-state index is 0.111. The first-order valence-corrected chi connectivity index (χ1v) is 16.2. The number of anilines is 2. The van der Waals surface area contributed by atoms with Crippen molar-refractivity contribution in [2.24, 2.45) is 7.05 Å². The second-order valence-electron chi connectivity index (χ2n) is 14.0. The number of aryl methyl sites for hydroxylation is 1. The number of hydrogen-bond donors (Lipinski definition) is 3. The lowest BCUT2D eigenvalue weighted by molar-refractivity contribution is -0.117. The Bertz CT molecular complexity index is 1770. The average molecular weight is 656 g/mol. The number of likely N-dealkylation sites (N-methyl/N-ethyl adjacent to an activating group) is 1. The number of carbonyl (C=O) groups excluding carboxylic acids is 2. The van der Waals surface area contributed by atoms with Crippen LogP contribution in [0.3, 0.4) is 0 Å². The number of amides is 2. The number of carbonyl (C=O) groups is 2. The van der Waals surface area contributed by atoms with Crippen LogP contribution < -0.4 is 16.0 Å². The van der Waals surface area contributed by atoms with Gasteiger partial charge in [-0.1, -0.05) is 70.8 Å². The molecule has 3 N–H and O–H groups in total. The fourth-order valence-corrected chi connectivity index (χ4v) is 6.72. The number of hydrogen-bond acceptors (Lipinski definition) is 6. The van der Waals surface area contributed by atoms with Gasteiger partial charge in [-0.05, 0) is 72.6 Å². The van der Waals surface area contributed by atoms with E-state index < -0.39 is 0 Å². The molecule has 12 heteroatoms. The highest BCUT2D eigenvalue weighted by Crippen LogP contribution is 2.42. The van der Waals surface area contributed by atoms with Gasteiger partial charge in [0, 0.05) is 7.05 Å². The third kappa shape index (κ3) is 6.70. The molecule has 0 spiro atoms. The molecule has 0 atom stereocenters. The van der Waals surface area contributed by atoms with Crippen LogP contribution >= 0.6 is 23.2 Å². The molecule has 1 fully saturated rings. The van der Waals surface area contributed by atoms with E-state index in [-0.39, 0.29) is 29.2 Å². The molecule has 4 aromatic rings. The Morgan fingerprint density at radius 2 is 1.49 bits per heavy atom. The van der Waals surface area contributed by atoms with E-state index in [1.54, 1.807) is 11.7 Å². The van der Waals surface area contributed by atoms with Crippen molar-refractivity contribution in [3.63, 3.8) is 0 Å². The highest BCUT2D eigenvalue weighted by Gasteiger charge is 2.29. The van der Waals surface area contributed by atoms with Gasteiger partial charge in [0.1, 0.15) is 0 Å². The predicted molar refractivity (Wildman–Crippen MR) is 184 cm³/mol. The molecule has 1 aliphatic rings. The highest BCUT2D eigenvalue weighted by atomic mass is 35.5. The first kappa shape index (κ1) is 33.2. The van der Waals surface area contributed by atoms with Gasteiger partial charge in [-0.25, -0.2) is 0 Å². The molecule has 3 heterocycles. The normalized spacial score (nSPS) is 14.5. The Morgan fingerprint density at radius 3 is 2.11 bits per heavy atom. The summed E-state index contributed by atoms with van der Waals surface area (Å²) in [6.45, 7) is 15.4. The van der Waals surface area contributed by atoms with Crippen LogP contribution in [-0.4, -0.2) is 69.5 Å². The molecule has 0 saturated carbocycles. The maximum Gasteiger partial charge on any atom is 0.239 e. The zero-order chi connectivity index (χ0) is 32.8. The maximum absolute atomic E-state index is 13.1. The molecule has 1 saturated heterocycles. The van der Waals surface area contributed by atoms with Crippen LogP contribution in [0.25, 0.3) is 21.8 Å². The molecule has 0 unspecified atom stereocenters. The van der Waals surface area contributed by atoms with E-state index in [9.17, 15) is 9.59 Å². The van der Waals surface area contributed by atoms with Crippen LogP contribution in [0.1, 0.15) is 71.1 Å². The quantitative estimate of drug-likeness (QED) is 0.213. The summed E-state index contributed by atoms with van der Waals surface area (Å²) in [6.07, 6.45) is 2.21. The van der Waals surface area contributed by atoms with Gasteiger partial charge in [-0.15, -0.1) is 0 Å². The van der Waals surface area contributed by atoms with Gasteiger partial charge in [0.15, 0.2) is 11.6 Å². The number of aromatic nitrogens is 4. The summed E-state index contributed by atoms with van der Waals surface area (Å²) in [6, 6.07) is 5.98. The first-order valence-electron chi connectivity index (χ1n) is 15.4. The summed E-state index contributed by atoms with van der Waals surface area (Å²) in [5.74, 6) is 0.504. The molecule has 0 aliphatic carbocycles. The third-order valence-electron chi connectivity index (χ3n) is 8.32. The van der Waals surface area contributed by atoms with Crippen molar-refractivity contribution in [1.82, 2.24) is 29.8 Å². The number of benzene rings is 2. The lowest BCUT2D eigenvalue weighted by Crippen LogP contribution is -2.31. The smallest absolute Gasteiger partial charge is 0.239 e. The summed E-state index contributed by atoms with van der Waals surface area (Å²) < 4.78 is 3.67. The minimum Gasteiger partial charge on any atom is -0.311 e. The molecule has 2 aromatic heterocycles. The number of rotatable bonds is 8. The minimum atomic E-state index is -0.263. The van der Waals surface area contributed by atoms with E-state index in [1.165, 1.54) is 0 Å². The van der Waals surface area contributed by atoms with Crippen LogP contribution in [0.5, 0.6) is 0 Å². The van der Waals surface area contributed by atoms with Crippen molar-refractivity contribution >= 4 is 68.5 Å². The lowest BCUT2D eigenvalue weighted by atomic mass is 9.84. The zero-order valence-electron chi connectivity index (χ0n) is 27.5. The fraction of sp³-hybridized carbons (Fsp3) is 0.515. The molecule has 1 aliphatic heterocycles. The first-order chi connectivity index (χ1) is 21.1. The Morgan fingerprint density at radius 1 is 0.867 bits per heavy atom. The van der Waals surface area contributed by atoms with E-state index in [1.807, 2.05) is 23.9 Å². The Balaban J connectivity index is 1.68. The Kier molecular flexibility index (Phi) is 9.26. The van der Waals surface area contributed by atoms with Gasteiger partial charge >= 0.3 is 0 Å².